The lowest BCUT2D eigenvalue weighted by Crippen LogP contribution is -2.35. The molecular formula is C22H17NO. The molecule has 0 aromatic heterocycles. The molecule has 5 rings (SSSR count). The van der Waals surface area contributed by atoms with Crippen LogP contribution in [0.1, 0.15) is 22.6 Å². The van der Waals surface area contributed by atoms with Crippen LogP contribution in [0.4, 0.5) is 5.69 Å². The van der Waals surface area contributed by atoms with E-state index in [-0.39, 0.29) is 11.8 Å². The van der Waals surface area contributed by atoms with Gasteiger partial charge in [0.1, 0.15) is 5.75 Å². The van der Waals surface area contributed by atoms with Gasteiger partial charge in [-0.2, -0.15) is 0 Å². The molecule has 0 amide bonds. The average Bonchev–Trinajstić information content (AvgIpc) is 2.67. The lowest BCUT2D eigenvalue weighted by Gasteiger charge is -2.37. The Morgan fingerprint density at radius 3 is 2.46 bits per heavy atom. The minimum absolute atomic E-state index is 0.247. The topological polar surface area (TPSA) is 21.6 Å². The number of nitrogens with zero attached hydrogens (tertiary/aromatic N) is 1. The largest absolute Gasteiger partial charge is 0.492 e. The maximum Gasteiger partial charge on any atom is 0.128 e. The Morgan fingerprint density at radius 1 is 0.792 bits per heavy atom. The summed E-state index contributed by atoms with van der Waals surface area (Å²) in [6, 6.07) is 27.4. The van der Waals surface area contributed by atoms with Gasteiger partial charge in [-0.3, -0.25) is 4.99 Å². The molecule has 0 fully saturated rings. The smallest absolute Gasteiger partial charge is 0.128 e. The maximum absolute atomic E-state index is 6.08. The summed E-state index contributed by atoms with van der Waals surface area (Å²) in [6.07, 6.45) is 0. The van der Waals surface area contributed by atoms with Crippen LogP contribution in [0.3, 0.4) is 0 Å². The van der Waals surface area contributed by atoms with E-state index in [1.807, 2.05) is 12.1 Å². The Kier molecular flexibility index (Phi) is 3.02. The molecule has 0 saturated heterocycles. The Balaban J connectivity index is 1.75. The lowest BCUT2D eigenvalue weighted by molar-refractivity contribution is 0.261. The maximum atomic E-state index is 6.08. The molecule has 2 aliphatic rings. The first-order valence-corrected chi connectivity index (χ1v) is 8.36. The Bertz CT molecular complexity index is 929. The van der Waals surface area contributed by atoms with Crippen LogP contribution in [0.5, 0.6) is 5.75 Å². The number of ether oxygens (including phenoxy) is 1. The fraction of sp³-hybridized carbons (Fsp3) is 0.136. The molecule has 0 saturated carbocycles. The summed E-state index contributed by atoms with van der Waals surface area (Å²) in [5.74, 6) is 1.47. The summed E-state index contributed by atoms with van der Waals surface area (Å²) < 4.78 is 6.08. The third-order valence-electron chi connectivity index (χ3n) is 5.01. The van der Waals surface area contributed by atoms with Gasteiger partial charge in [0.15, 0.2) is 0 Å². The standard InChI is InChI=1S/C22H17NO/c1-2-8-15(9-3-1)21-16-10-4-6-12-19(16)23-22-17-11-5-7-13-20(17)24-14-18(21)22/h1-13,18,21H,14H2. The molecule has 0 aliphatic carbocycles. The molecule has 2 heterocycles. The van der Waals surface area contributed by atoms with Gasteiger partial charge in [-0.1, -0.05) is 60.7 Å². The van der Waals surface area contributed by atoms with Crippen molar-refractivity contribution in [2.24, 2.45) is 10.9 Å². The zero-order valence-electron chi connectivity index (χ0n) is 13.2. The van der Waals surface area contributed by atoms with Gasteiger partial charge in [-0.25, -0.2) is 0 Å². The Morgan fingerprint density at radius 2 is 1.54 bits per heavy atom. The highest BCUT2D eigenvalue weighted by molar-refractivity contribution is 6.08. The van der Waals surface area contributed by atoms with E-state index in [2.05, 4.69) is 66.7 Å². The van der Waals surface area contributed by atoms with Crippen molar-refractivity contribution in [3.05, 3.63) is 95.6 Å². The van der Waals surface area contributed by atoms with Crippen molar-refractivity contribution in [2.45, 2.75) is 5.92 Å². The molecular weight excluding hydrogens is 294 g/mol. The van der Waals surface area contributed by atoms with E-state index in [1.54, 1.807) is 0 Å². The number of hydrogen-bond acceptors (Lipinski definition) is 2. The quantitative estimate of drug-likeness (QED) is 0.622. The van der Waals surface area contributed by atoms with Gasteiger partial charge in [0.25, 0.3) is 0 Å². The van der Waals surface area contributed by atoms with Gasteiger partial charge in [-0.15, -0.1) is 0 Å². The highest BCUT2D eigenvalue weighted by Crippen LogP contribution is 2.46. The molecule has 0 N–H and O–H groups in total. The summed E-state index contributed by atoms with van der Waals surface area (Å²) in [4.78, 5) is 5.02. The second-order valence-corrected chi connectivity index (χ2v) is 6.36. The predicted molar refractivity (Wildman–Crippen MR) is 96.4 cm³/mol. The zero-order valence-corrected chi connectivity index (χ0v) is 13.2. The normalized spacial score (nSPS) is 20.9. The van der Waals surface area contributed by atoms with Crippen molar-refractivity contribution in [1.82, 2.24) is 0 Å². The summed E-state index contributed by atoms with van der Waals surface area (Å²) in [5, 5.41) is 0. The van der Waals surface area contributed by atoms with Crippen LogP contribution in [-0.4, -0.2) is 12.3 Å². The molecule has 116 valence electrons. The van der Waals surface area contributed by atoms with E-state index >= 15 is 0 Å². The first kappa shape index (κ1) is 13.6. The number of para-hydroxylation sites is 2. The van der Waals surface area contributed by atoms with Crippen LogP contribution in [0.2, 0.25) is 0 Å². The minimum Gasteiger partial charge on any atom is -0.492 e. The second-order valence-electron chi connectivity index (χ2n) is 6.36. The first-order valence-electron chi connectivity index (χ1n) is 8.36. The average molecular weight is 311 g/mol. The lowest BCUT2D eigenvalue weighted by atomic mass is 9.74. The monoisotopic (exact) mass is 311 g/mol. The van der Waals surface area contributed by atoms with E-state index in [0.717, 1.165) is 22.7 Å². The molecule has 3 aromatic carbocycles. The molecule has 2 unspecified atom stereocenters. The van der Waals surface area contributed by atoms with Crippen LogP contribution < -0.4 is 4.74 Å². The van der Waals surface area contributed by atoms with Gasteiger partial charge in [-0.05, 0) is 29.3 Å². The van der Waals surface area contributed by atoms with Crippen molar-refractivity contribution in [1.29, 1.82) is 0 Å². The van der Waals surface area contributed by atoms with E-state index < -0.39 is 0 Å². The van der Waals surface area contributed by atoms with Crippen LogP contribution in [0.25, 0.3) is 0 Å². The van der Waals surface area contributed by atoms with E-state index in [9.17, 15) is 0 Å². The molecule has 2 aliphatic heterocycles. The van der Waals surface area contributed by atoms with Crippen LogP contribution in [0, 0.1) is 5.92 Å². The summed E-state index contributed by atoms with van der Waals surface area (Å²) >= 11 is 0. The van der Waals surface area contributed by atoms with Gasteiger partial charge in [0, 0.05) is 17.4 Å². The van der Waals surface area contributed by atoms with E-state index in [4.69, 9.17) is 9.73 Å². The number of benzene rings is 3. The number of aliphatic imine (C=N–C) groups is 1. The van der Waals surface area contributed by atoms with Crippen LogP contribution in [0.15, 0.2) is 83.9 Å². The Labute approximate surface area is 141 Å². The fourth-order valence-corrected chi connectivity index (χ4v) is 3.93. The number of hydrogen-bond donors (Lipinski definition) is 0. The van der Waals surface area contributed by atoms with Crippen molar-refractivity contribution >= 4 is 11.4 Å². The summed E-state index contributed by atoms with van der Waals surface area (Å²) in [7, 11) is 0. The number of rotatable bonds is 1. The van der Waals surface area contributed by atoms with Gasteiger partial charge < -0.3 is 4.74 Å². The van der Waals surface area contributed by atoms with Crippen molar-refractivity contribution in [2.75, 3.05) is 6.61 Å². The van der Waals surface area contributed by atoms with Gasteiger partial charge in [0.2, 0.25) is 0 Å². The number of fused-ring (bicyclic) bond motifs is 4. The molecule has 0 spiro atoms. The van der Waals surface area contributed by atoms with E-state index in [1.165, 1.54) is 11.1 Å². The summed E-state index contributed by atoms with van der Waals surface area (Å²) in [6.45, 7) is 0.670. The predicted octanol–water partition coefficient (Wildman–Crippen LogP) is 4.96. The fourth-order valence-electron chi connectivity index (χ4n) is 3.93. The molecule has 2 nitrogen and oxygen atoms in total. The zero-order chi connectivity index (χ0) is 15.9. The Hall–Kier alpha value is -2.87. The first-order chi connectivity index (χ1) is 11.9. The highest BCUT2D eigenvalue weighted by atomic mass is 16.5. The summed E-state index contributed by atoms with van der Waals surface area (Å²) in [5.41, 5.74) is 5.98. The molecule has 3 aromatic rings. The van der Waals surface area contributed by atoms with Crippen molar-refractivity contribution in [3.8, 4) is 5.75 Å². The van der Waals surface area contributed by atoms with Crippen molar-refractivity contribution < 1.29 is 4.74 Å². The van der Waals surface area contributed by atoms with Gasteiger partial charge >= 0.3 is 0 Å². The van der Waals surface area contributed by atoms with Crippen molar-refractivity contribution in [3.63, 3.8) is 0 Å². The third-order valence-corrected chi connectivity index (χ3v) is 5.01. The third kappa shape index (κ3) is 2.00. The molecule has 24 heavy (non-hydrogen) atoms. The minimum atomic E-state index is 0.247. The molecule has 2 heteroatoms. The van der Waals surface area contributed by atoms with Crippen LogP contribution >= 0.6 is 0 Å². The second kappa shape index (κ2) is 5.34. The molecule has 2 atom stereocenters. The highest BCUT2D eigenvalue weighted by Gasteiger charge is 2.38. The van der Waals surface area contributed by atoms with E-state index in [0.29, 0.717) is 6.61 Å². The molecule has 0 radical (unpaired) electrons. The molecule has 0 bridgehead atoms. The SMILES string of the molecule is c1ccc(C2c3ccccc3N=C3c4ccccc4OCC32)cc1. The van der Waals surface area contributed by atoms with Gasteiger partial charge in [0.05, 0.1) is 18.0 Å². The van der Waals surface area contributed by atoms with Crippen LogP contribution in [-0.2, 0) is 0 Å².